The van der Waals surface area contributed by atoms with E-state index in [2.05, 4.69) is 58.1 Å². The molecule has 2 heterocycles. The first-order chi connectivity index (χ1) is 20.0. The van der Waals surface area contributed by atoms with Gasteiger partial charge in [-0.2, -0.15) is 0 Å². The van der Waals surface area contributed by atoms with Crippen molar-refractivity contribution in [3.05, 3.63) is 107 Å². The number of carbonyl (C=O) groups is 1. The summed E-state index contributed by atoms with van der Waals surface area (Å²) in [5.74, 6) is 0.986. The molecular weight excluding hydrogens is 510 g/mol. The SMILES string of the molecule is C=NCc1cc(-c2nc3ccccc3n2C)cc2c1nc(CCC)n2Cc1ccc(-c2ccccc2C(=O)O)cc1. The summed E-state index contributed by atoms with van der Waals surface area (Å²) in [5, 5.41) is 9.63. The second-order valence-electron chi connectivity index (χ2n) is 10.3. The number of aryl methyl sites for hydroxylation is 2. The van der Waals surface area contributed by atoms with Crippen LogP contribution >= 0.6 is 0 Å². The fourth-order valence-electron chi connectivity index (χ4n) is 5.60. The fourth-order valence-corrected chi connectivity index (χ4v) is 5.60. The molecule has 4 aromatic carbocycles. The fraction of sp³-hybridized carbons (Fsp3) is 0.176. The molecule has 6 rings (SSSR count). The van der Waals surface area contributed by atoms with E-state index in [1.807, 2.05) is 49.5 Å². The van der Waals surface area contributed by atoms with Gasteiger partial charge in [0.1, 0.15) is 11.6 Å². The quantitative estimate of drug-likeness (QED) is 0.197. The Bertz CT molecular complexity index is 1910. The lowest BCUT2D eigenvalue weighted by Crippen LogP contribution is -2.05. The van der Waals surface area contributed by atoms with Gasteiger partial charge in [0.05, 0.1) is 34.2 Å². The number of hydrogen-bond acceptors (Lipinski definition) is 4. The van der Waals surface area contributed by atoms with Crippen LogP contribution < -0.4 is 0 Å². The standard InChI is InChI=1S/C34H31N5O2/c1-4-9-31-37-32-25(20-35-2)18-24(33-36-28-12-7-8-13-29(28)38(33)3)19-30(32)39(31)21-22-14-16-23(17-15-22)26-10-5-6-11-27(26)34(40)41/h5-8,10-19H,2,4,9,20-21H2,1,3H3,(H,40,41). The molecule has 1 N–H and O–H groups in total. The van der Waals surface area contributed by atoms with Crippen molar-refractivity contribution in [2.45, 2.75) is 32.9 Å². The van der Waals surface area contributed by atoms with E-state index in [-0.39, 0.29) is 0 Å². The molecule has 0 spiro atoms. The maximum atomic E-state index is 11.7. The molecule has 0 atom stereocenters. The Morgan fingerprint density at radius 2 is 1.68 bits per heavy atom. The van der Waals surface area contributed by atoms with Gasteiger partial charge in [-0.15, -0.1) is 0 Å². The summed E-state index contributed by atoms with van der Waals surface area (Å²) in [6, 6.07) is 27.7. The number of imidazole rings is 2. The van der Waals surface area contributed by atoms with Gasteiger partial charge in [0.15, 0.2) is 0 Å². The zero-order valence-corrected chi connectivity index (χ0v) is 23.2. The van der Waals surface area contributed by atoms with Gasteiger partial charge < -0.3 is 14.2 Å². The molecule has 6 aromatic rings. The van der Waals surface area contributed by atoms with Crippen LogP contribution in [-0.2, 0) is 26.6 Å². The predicted octanol–water partition coefficient (Wildman–Crippen LogP) is 7.16. The number of hydrogen-bond donors (Lipinski definition) is 1. The van der Waals surface area contributed by atoms with Crippen LogP contribution in [0.25, 0.3) is 44.6 Å². The Labute approximate surface area is 238 Å². The maximum Gasteiger partial charge on any atom is 0.336 e. The lowest BCUT2D eigenvalue weighted by Gasteiger charge is -2.12. The van der Waals surface area contributed by atoms with Crippen LogP contribution in [0.5, 0.6) is 0 Å². The van der Waals surface area contributed by atoms with Crippen molar-refractivity contribution in [3.63, 3.8) is 0 Å². The minimum absolute atomic E-state index is 0.295. The summed E-state index contributed by atoms with van der Waals surface area (Å²) in [7, 11) is 2.05. The Morgan fingerprint density at radius 1 is 0.927 bits per heavy atom. The summed E-state index contributed by atoms with van der Waals surface area (Å²) in [6.07, 6.45) is 1.82. The van der Waals surface area contributed by atoms with E-state index < -0.39 is 5.97 Å². The first-order valence-electron chi connectivity index (χ1n) is 13.8. The van der Waals surface area contributed by atoms with Crippen LogP contribution in [-0.4, -0.2) is 36.9 Å². The number of aromatic carboxylic acids is 1. The zero-order chi connectivity index (χ0) is 28.5. The van der Waals surface area contributed by atoms with E-state index in [0.29, 0.717) is 24.2 Å². The number of rotatable bonds is 9. The molecule has 0 aliphatic heterocycles. The molecule has 0 aliphatic carbocycles. The average molecular weight is 542 g/mol. The molecule has 7 heteroatoms. The van der Waals surface area contributed by atoms with Crippen molar-refractivity contribution in [2.24, 2.45) is 12.0 Å². The van der Waals surface area contributed by atoms with Crippen molar-refractivity contribution in [2.75, 3.05) is 0 Å². The number of para-hydroxylation sites is 2. The number of benzene rings is 4. The van der Waals surface area contributed by atoms with E-state index in [1.54, 1.807) is 12.1 Å². The third-order valence-corrected chi connectivity index (χ3v) is 7.58. The molecule has 0 unspecified atom stereocenters. The molecule has 0 bridgehead atoms. The number of aromatic nitrogens is 4. The summed E-state index contributed by atoms with van der Waals surface area (Å²) < 4.78 is 4.42. The first-order valence-corrected chi connectivity index (χ1v) is 13.8. The highest BCUT2D eigenvalue weighted by molar-refractivity contribution is 5.96. The van der Waals surface area contributed by atoms with Gasteiger partial charge >= 0.3 is 5.97 Å². The average Bonchev–Trinajstić information content (AvgIpc) is 3.51. The van der Waals surface area contributed by atoms with Crippen LogP contribution in [0.3, 0.4) is 0 Å². The Morgan fingerprint density at radius 3 is 2.41 bits per heavy atom. The van der Waals surface area contributed by atoms with Crippen molar-refractivity contribution in [1.29, 1.82) is 0 Å². The summed E-state index contributed by atoms with van der Waals surface area (Å²) in [4.78, 5) is 26.0. The summed E-state index contributed by atoms with van der Waals surface area (Å²) in [6.45, 7) is 7.03. The van der Waals surface area contributed by atoms with Gasteiger partial charge in [-0.25, -0.2) is 14.8 Å². The third-order valence-electron chi connectivity index (χ3n) is 7.58. The van der Waals surface area contributed by atoms with E-state index in [4.69, 9.17) is 9.97 Å². The van der Waals surface area contributed by atoms with Crippen LogP contribution in [0.2, 0.25) is 0 Å². The number of carboxylic acids is 1. The zero-order valence-electron chi connectivity index (χ0n) is 23.2. The molecule has 7 nitrogen and oxygen atoms in total. The highest BCUT2D eigenvalue weighted by Gasteiger charge is 2.19. The molecule has 0 radical (unpaired) electrons. The lowest BCUT2D eigenvalue weighted by molar-refractivity contribution is 0.0697. The van der Waals surface area contributed by atoms with Gasteiger partial charge in [-0.1, -0.05) is 61.5 Å². The summed E-state index contributed by atoms with van der Waals surface area (Å²) >= 11 is 0. The summed E-state index contributed by atoms with van der Waals surface area (Å²) in [5.41, 5.74) is 9.04. The first kappa shape index (κ1) is 26.2. The molecule has 0 saturated heterocycles. The lowest BCUT2D eigenvalue weighted by atomic mass is 9.98. The van der Waals surface area contributed by atoms with E-state index in [9.17, 15) is 9.90 Å². The van der Waals surface area contributed by atoms with Crippen molar-refractivity contribution < 1.29 is 9.90 Å². The van der Waals surface area contributed by atoms with E-state index in [1.165, 1.54) is 0 Å². The molecular formula is C34H31N5O2. The monoisotopic (exact) mass is 541 g/mol. The topological polar surface area (TPSA) is 85.3 Å². The van der Waals surface area contributed by atoms with Crippen LogP contribution in [0.15, 0.2) is 89.9 Å². The van der Waals surface area contributed by atoms with Gasteiger partial charge in [0, 0.05) is 31.1 Å². The number of carboxylic acid groups (broad SMARTS) is 1. The Hall–Kier alpha value is -5.04. The highest BCUT2D eigenvalue weighted by Crippen LogP contribution is 2.32. The number of nitrogens with zero attached hydrogens (tertiary/aromatic N) is 5. The highest BCUT2D eigenvalue weighted by atomic mass is 16.4. The van der Waals surface area contributed by atoms with Crippen LogP contribution in [0, 0.1) is 0 Å². The Kier molecular flexibility index (Phi) is 6.93. The van der Waals surface area contributed by atoms with Gasteiger partial charge in [-0.3, -0.25) is 4.99 Å². The minimum atomic E-state index is -0.931. The molecule has 0 saturated carbocycles. The smallest absolute Gasteiger partial charge is 0.336 e. The van der Waals surface area contributed by atoms with E-state index >= 15 is 0 Å². The molecule has 0 aliphatic rings. The van der Waals surface area contributed by atoms with Gasteiger partial charge in [-0.05, 0) is 60.2 Å². The second-order valence-corrected chi connectivity index (χ2v) is 10.3. The van der Waals surface area contributed by atoms with Gasteiger partial charge in [0.25, 0.3) is 0 Å². The number of aliphatic imine (C=N–C) groups is 1. The number of fused-ring (bicyclic) bond motifs is 2. The molecule has 0 amide bonds. The minimum Gasteiger partial charge on any atom is -0.478 e. The van der Waals surface area contributed by atoms with Crippen molar-refractivity contribution in [3.8, 4) is 22.5 Å². The third kappa shape index (κ3) is 4.80. The predicted molar refractivity (Wildman–Crippen MR) is 165 cm³/mol. The van der Waals surface area contributed by atoms with Crippen molar-refractivity contribution >= 4 is 34.8 Å². The Balaban J connectivity index is 1.46. The van der Waals surface area contributed by atoms with Crippen LogP contribution in [0.4, 0.5) is 0 Å². The van der Waals surface area contributed by atoms with Crippen molar-refractivity contribution in [1.82, 2.24) is 19.1 Å². The molecule has 2 aromatic heterocycles. The van der Waals surface area contributed by atoms with Crippen LogP contribution in [0.1, 0.15) is 40.7 Å². The van der Waals surface area contributed by atoms with Gasteiger partial charge in [0.2, 0.25) is 0 Å². The molecule has 0 fully saturated rings. The largest absolute Gasteiger partial charge is 0.478 e. The second kappa shape index (κ2) is 10.8. The van der Waals surface area contributed by atoms with E-state index in [0.717, 1.165) is 68.8 Å². The molecule has 41 heavy (non-hydrogen) atoms. The maximum absolute atomic E-state index is 11.7. The normalized spacial score (nSPS) is 11.4. The molecule has 204 valence electrons.